The first-order valence-corrected chi connectivity index (χ1v) is 4.74. The molecular formula is C10H9BrO3. The lowest BCUT2D eigenvalue weighted by atomic mass is 10.1. The highest BCUT2D eigenvalue weighted by molar-refractivity contribution is 9.10. The van der Waals surface area contributed by atoms with Crippen molar-refractivity contribution in [2.75, 3.05) is 6.61 Å². The molecule has 0 fully saturated rings. The molecule has 0 radical (unpaired) electrons. The van der Waals surface area contributed by atoms with Crippen molar-refractivity contribution >= 4 is 28.0 Å². The van der Waals surface area contributed by atoms with Crippen molar-refractivity contribution in [3.05, 3.63) is 39.9 Å². The van der Waals surface area contributed by atoms with Gasteiger partial charge in [0.05, 0.1) is 12.2 Å². The Labute approximate surface area is 89.8 Å². The van der Waals surface area contributed by atoms with Crippen molar-refractivity contribution in [2.24, 2.45) is 0 Å². The molecule has 14 heavy (non-hydrogen) atoms. The molecule has 0 saturated carbocycles. The first-order chi connectivity index (χ1) is 6.65. The molecule has 2 N–H and O–H groups in total. The fourth-order valence-electron chi connectivity index (χ4n) is 0.999. The minimum atomic E-state index is -0.976. The van der Waals surface area contributed by atoms with Crippen LogP contribution in [0.2, 0.25) is 0 Å². The van der Waals surface area contributed by atoms with E-state index in [2.05, 4.69) is 15.9 Å². The van der Waals surface area contributed by atoms with E-state index in [0.29, 0.717) is 4.47 Å². The Morgan fingerprint density at radius 3 is 2.79 bits per heavy atom. The maximum atomic E-state index is 10.7. The van der Waals surface area contributed by atoms with Gasteiger partial charge in [-0.3, -0.25) is 0 Å². The predicted molar refractivity (Wildman–Crippen MR) is 57.2 cm³/mol. The average Bonchev–Trinajstić information content (AvgIpc) is 2.16. The summed E-state index contributed by atoms with van der Waals surface area (Å²) < 4.78 is 0.547. The number of hydrogen-bond acceptors (Lipinski definition) is 2. The van der Waals surface area contributed by atoms with Gasteiger partial charge in [-0.2, -0.15) is 0 Å². The quantitative estimate of drug-likeness (QED) is 0.872. The van der Waals surface area contributed by atoms with Gasteiger partial charge in [-0.15, -0.1) is 0 Å². The van der Waals surface area contributed by atoms with E-state index < -0.39 is 5.97 Å². The molecule has 0 amide bonds. The molecule has 1 aromatic carbocycles. The molecule has 1 aromatic rings. The van der Waals surface area contributed by atoms with E-state index in [0.717, 1.165) is 5.56 Å². The fraction of sp³-hybridized carbons (Fsp3) is 0.100. The summed E-state index contributed by atoms with van der Waals surface area (Å²) in [5, 5.41) is 17.4. The van der Waals surface area contributed by atoms with Crippen molar-refractivity contribution < 1.29 is 15.0 Å². The molecule has 0 saturated heterocycles. The predicted octanol–water partition coefficient (Wildman–Crippen LogP) is 2.15. The SMILES string of the molecule is O=C(O)c1cc(C=CCO)ccc1Br. The molecule has 0 aliphatic carbocycles. The van der Waals surface area contributed by atoms with Crippen LogP contribution < -0.4 is 0 Å². The van der Waals surface area contributed by atoms with E-state index in [4.69, 9.17) is 10.2 Å². The number of carboxylic acid groups (broad SMARTS) is 1. The van der Waals surface area contributed by atoms with Gasteiger partial charge in [0, 0.05) is 4.47 Å². The Bertz CT molecular complexity index is 372. The molecule has 0 bridgehead atoms. The zero-order valence-electron chi connectivity index (χ0n) is 7.27. The number of aliphatic hydroxyl groups excluding tert-OH is 1. The molecule has 0 aliphatic rings. The van der Waals surface area contributed by atoms with Gasteiger partial charge in [0.25, 0.3) is 0 Å². The third-order valence-electron chi connectivity index (χ3n) is 1.64. The summed E-state index contributed by atoms with van der Waals surface area (Å²) >= 11 is 3.14. The van der Waals surface area contributed by atoms with Gasteiger partial charge in [-0.1, -0.05) is 18.2 Å². The zero-order valence-corrected chi connectivity index (χ0v) is 8.86. The molecule has 3 nitrogen and oxygen atoms in total. The van der Waals surface area contributed by atoms with Crippen molar-refractivity contribution in [2.45, 2.75) is 0 Å². The highest BCUT2D eigenvalue weighted by Crippen LogP contribution is 2.18. The van der Waals surface area contributed by atoms with Crippen LogP contribution in [0, 0.1) is 0 Å². The standard InChI is InChI=1S/C10H9BrO3/c11-9-4-3-7(2-1-5-12)6-8(9)10(13)14/h1-4,6,12H,5H2,(H,13,14). The summed E-state index contributed by atoms with van der Waals surface area (Å²) in [7, 11) is 0. The second-order valence-electron chi connectivity index (χ2n) is 2.63. The van der Waals surface area contributed by atoms with Gasteiger partial charge in [-0.05, 0) is 33.6 Å². The Morgan fingerprint density at radius 1 is 1.50 bits per heavy atom. The van der Waals surface area contributed by atoms with Gasteiger partial charge in [0.1, 0.15) is 0 Å². The van der Waals surface area contributed by atoms with Crippen LogP contribution in [0.15, 0.2) is 28.7 Å². The first kappa shape index (κ1) is 10.9. The van der Waals surface area contributed by atoms with Crippen LogP contribution in [0.3, 0.4) is 0 Å². The number of halogens is 1. The van der Waals surface area contributed by atoms with E-state index in [9.17, 15) is 4.79 Å². The summed E-state index contributed by atoms with van der Waals surface area (Å²) in [4.78, 5) is 10.7. The highest BCUT2D eigenvalue weighted by atomic mass is 79.9. The van der Waals surface area contributed by atoms with Crippen LogP contribution in [0.4, 0.5) is 0 Å². The van der Waals surface area contributed by atoms with Crippen molar-refractivity contribution in [3.63, 3.8) is 0 Å². The molecule has 0 aromatic heterocycles. The van der Waals surface area contributed by atoms with Crippen molar-refractivity contribution in [1.29, 1.82) is 0 Å². The van der Waals surface area contributed by atoms with Crippen LogP contribution in [0.25, 0.3) is 6.08 Å². The first-order valence-electron chi connectivity index (χ1n) is 3.95. The second kappa shape index (κ2) is 4.93. The summed E-state index contributed by atoms with van der Waals surface area (Å²) in [6.45, 7) is -0.0571. The second-order valence-corrected chi connectivity index (χ2v) is 3.48. The molecule has 1 rings (SSSR count). The lowest BCUT2D eigenvalue weighted by Gasteiger charge is -2.00. The van der Waals surface area contributed by atoms with Gasteiger partial charge < -0.3 is 10.2 Å². The molecule has 74 valence electrons. The third kappa shape index (κ3) is 2.68. The number of hydrogen-bond donors (Lipinski definition) is 2. The Kier molecular flexibility index (Phi) is 3.85. The monoisotopic (exact) mass is 256 g/mol. The van der Waals surface area contributed by atoms with Gasteiger partial charge >= 0.3 is 5.97 Å². The van der Waals surface area contributed by atoms with Gasteiger partial charge in [0.2, 0.25) is 0 Å². The maximum absolute atomic E-state index is 10.7. The zero-order chi connectivity index (χ0) is 10.6. The van der Waals surface area contributed by atoms with E-state index in [-0.39, 0.29) is 12.2 Å². The smallest absolute Gasteiger partial charge is 0.336 e. The van der Waals surface area contributed by atoms with E-state index in [1.54, 1.807) is 30.4 Å². The van der Waals surface area contributed by atoms with Crippen LogP contribution in [-0.2, 0) is 0 Å². The van der Waals surface area contributed by atoms with Crippen LogP contribution in [-0.4, -0.2) is 22.8 Å². The van der Waals surface area contributed by atoms with E-state index in [1.165, 1.54) is 0 Å². The van der Waals surface area contributed by atoms with Crippen molar-refractivity contribution in [1.82, 2.24) is 0 Å². The van der Waals surface area contributed by atoms with E-state index >= 15 is 0 Å². The summed E-state index contributed by atoms with van der Waals surface area (Å²) in [6, 6.07) is 4.97. The number of aromatic carboxylic acids is 1. The topological polar surface area (TPSA) is 57.5 Å². The summed E-state index contributed by atoms with van der Waals surface area (Å²) in [5.41, 5.74) is 0.963. The normalized spacial score (nSPS) is 10.7. The van der Waals surface area contributed by atoms with Gasteiger partial charge in [0.15, 0.2) is 0 Å². The largest absolute Gasteiger partial charge is 0.478 e. The molecule has 0 spiro atoms. The number of aliphatic hydroxyl groups is 1. The maximum Gasteiger partial charge on any atom is 0.336 e. The average molecular weight is 257 g/mol. The lowest BCUT2D eigenvalue weighted by molar-refractivity contribution is 0.0696. The number of carbonyl (C=O) groups is 1. The fourth-order valence-corrected chi connectivity index (χ4v) is 1.42. The van der Waals surface area contributed by atoms with Crippen LogP contribution >= 0.6 is 15.9 Å². The van der Waals surface area contributed by atoms with Crippen LogP contribution in [0.1, 0.15) is 15.9 Å². The van der Waals surface area contributed by atoms with Gasteiger partial charge in [-0.25, -0.2) is 4.79 Å². The highest BCUT2D eigenvalue weighted by Gasteiger charge is 2.07. The number of benzene rings is 1. The minimum Gasteiger partial charge on any atom is -0.478 e. The van der Waals surface area contributed by atoms with E-state index in [1.807, 2.05) is 0 Å². The molecule has 0 unspecified atom stereocenters. The molecule has 4 heteroatoms. The summed E-state index contributed by atoms with van der Waals surface area (Å²) in [5.74, 6) is -0.976. The third-order valence-corrected chi connectivity index (χ3v) is 2.33. The molecular weight excluding hydrogens is 248 g/mol. The minimum absolute atomic E-state index is 0.0571. The Hall–Kier alpha value is -1.13. The van der Waals surface area contributed by atoms with Crippen molar-refractivity contribution in [3.8, 4) is 0 Å². The number of carboxylic acids is 1. The molecule has 0 atom stereocenters. The molecule has 0 heterocycles. The Balaban J connectivity index is 3.06. The number of rotatable bonds is 3. The lowest BCUT2D eigenvalue weighted by Crippen LogP contribution is -1.97. The Morgan fingerprint density at radius 2 is 2.21 bits per heavy atom. The summed E-state index contributed by atoms with van der Waals surface area (Å²) in [6.07, 6.45) is 3.22. The van der Waals surface area contributed by atoms with Crippen LogP contribution in [0.5, 0.6) is 0 Å². The molecule has 0 aliphatic heterocycles.